The molecule has 3 aliphatic carbocycles. The first-order chi connectivity index (χ1) is 28.6. The summed E-state index contributed by atoms with van der Waals surface area (Å²) in [5, 5.41) is 48.2. The Morgan fingerprint density at radius 3 is 2.75 bits per heavy atom. The molecule has 2 aromatic carbocycles. The van der Waals surface area contributed by atoms with Crippen LogP contribution in [0.5, 0.6) is 17.2 Å². The molecule has 2 bridgehead atoms. The Balaban J connectivity index is 1.02. The number of phenols is 1. The average Bonchev–Trinajstić information content (AvgIpc) is 3.96. The summed E-state index contributed by atoms with van der Waals surface area (Å²) in [6, 6.07) is 7.23. The number of aliphatic hydroxyl groups is 3. The maximum atomic E-state index is 13.2. The van der Waals surface area contributed by atoms with E-state index in [1.165, 1.54) is 11.6 Å². The number of phenolic OH excluding ortho intramolecular Hbond substituents is 1. The smallest absolute Gasteiger partial charge is 0.252 e. The number of ketones is 1. The van der Waals surface area contributed by atoms with Crippen LogP contribution in [0.15, 0.2) is 77.1 Å². The number of ether oxygens (including phenoxy) is 2. The molecule has 8 aliphatic rings. The number of hydrogen-bond acceptors (Lipinski definition) is 10. The van der Waals surface area contributed by atoms with Gasteiger partial charge in [0, 0.05) is 49.4 Å². The number of hydrogen-bond donors (Lipinski definition) is 7. The molecular formula is C48H51N4O7+. The van der Waals surface area contributed by atoms with E-state index in [2.05, 4.69) is 47.5 Å². The van der Waals surface area contributed by atoms with Gasteiger partial charge in [-0.2, -0.15) is 0 Å². The number of allylic oxidation sites excluding steroid dienone is 3. The minimum atomic E-state index is -1.08. The second kappa shape index (κ2) is 14.9. The van der Waals surface area contributed by atoms with Gasteiger partial charge in [-0.25, -0.2) is 0 Å². The van der Waals surface area contributed by atoms with Crippen LogP contribution in [0, 0.1) is 47.0 Å². The minimum Gasteiger partial charge on any atom is -0.508 e. The molecule has 5 heterocycles. The number of aryl methyl sites for hydroxylation is 1. The van der Waals surface area contributed by atoms with E-state index in [1.54, 1.807) is 6.07 Å². The summed E-state index contributed by atoms with van der Waals surface area (Å²) in [5.74, 6) is 10.0. The van der Waals surface area contributed by atoms with Crippen molar-refractivity contribution in [2.75, 3.05) is 13.1 Å². The van der Waals surface area contributed by atoms with Crippen LogP contribution >= 0.6 is 0 Å². The van der Waals surface area contributed by atoms with E-state index >= 15 is 0 Å². The van der Waals surface area contributed by atoms with E-state index in [1.807, 2.05) is 37.4 Å². The highest BCUT2D eigenvalue weighted by Gasteiger charge is 2.52. The molecule has 10 rings (SSSR count). The summed E-state index contributed by atoms with van der Waals surface area (Å²) in [6.07, 6.45) is 16.0. The number of aromatic hydroxyl groups is 1. The Morgan fingerprint density at radius 2 is 1.92 bits per heavy atom. The van der Waals surface area contributed by atoms with Gasteiger partial charge in [0.1, 0.15) is 48.1 Å². The van der Waals surface area contributed by atoms with Crippen LogP contribution < -0.4 is 25.4 Å². The van der Waals surface area contributed by atoms with Gasteiger partial charge in [0.15, 0.2) is 11.5 Å². The van der Waals surface area contributed by atoms with Crippen molar-refractivity contribution in [2.24, 2.45) is 33.9 Å². The molecule has 59 heavy (non-hydrogen) atoms. The van der Waals surface area contributed by atoms with Crippen molar-refractivity contribution >= 4 is 11.5 Å². The van der Waals surface area contributed by atoms with E-state index in [4.69, 9.17) is 20.2 Å². The van der Waals surface area contributed by atoms with Gasteiger partial charge in [0.05, 0.1) is 29.4 Å². The third-order valence-electron chi connectivity index (χ3n) is 14.0. The van der Waals surface area contributed by atoms with Gasteiger partial charge in [0.25, 0.3) is 6.23 Å². The molecule has 0 radical (unpaired) electrons. The lowest BCUT2D eigenvalue weighted by atomic mass is 9.71. The molecule has 1 fully saturated rings. The van der Waals surface area contributed by atoms with Crippen LogP contribution in [0.3, 0.4) is 0 Å². The lowest BCUT2D eigenvalue weighted by Crippen LogP contribution is -3.13. The van der Waals surface area contributed by atoms with E-state index in [0.717, 1.165) is 64.1 Å². The van der Waals surface area contributed by atoms with Crippen molar-refractivity contribution < 1.29 is 39.6 Å². The first-order valence-corrected chi connectivity index (χ1v) is 21.2. The van der Waals surface area contributed by atoms with Crippen LogP contribution in [0.25, 0.3) is 0 Å². The van der Waals surface area contributed by atoms with Gasteiger partial charge in [-0.15, -0.1) is 0 Å². The second-order valence-electron chi connectivity index (χ2n) is 17.8. The van der Waals surface area contributed by atoms with Gasteiger partial charge < -0.3 is 35.6 Å². The molecule has 11 nitrogen and oxygen atoms in total. The fourth-order valence-corrected chi connectivity index (χ4v) is 10.9. The number of nitrogens with two attached hydrogens (primary N) is 1. The first-order valence-electron chi connectivity index (χ1n) is 21.2. The van der Waals surface area contributed by atoms with Crippen LogP contribution in [0.4, 0.5) is 0 Å². The van der Waals surface area contributed by atoms with Gasteiger partial charge in [-0.3, -0.25) is 20.0 Å². The highest BCUT2D eigenvalue weighted by Crippen LogP contribution is 2.50. The quantitative estimate of drug-likeness (QED) is 0.171. The van der Waals surface area contributed by atoms with Gasteiger partial charge >= 0.3 is 0 Å². The summed E-state index contributed by atoms with van der Waals surface area (Å²) in [5.41, 5.74) is 13.6. The van der Waals surface area contributed by atoms with Gasteiger partial charge in [0.2, 0.25) is 0 Å². The number of Topliss-reactive ketones (excluding diaryl/α,β-unsaturated/α-hetero) is 1. The zero-order valence-corrected chi connectivity index (χ0v) is 33.2. The average molecular weight is 796 g/mol. The summed E-state index contributed by atoms with van der Waals surface area (Å²) >= 11 is 0. The van der Waals surface area contributed by atoms with E-state index in [0.29, 0.717) is 30.8 Å². The summed E-state index contributed by atoms with van der Waals surface area (Å²) in [6.45, 7) is 3.28. The number of nitrogens with zero attached hydrogens (tertiary/aromatic N) is 1. The monoisotopic (exact) mass is 795 g/mol. The fraction of sp³-hybridized carbons (Fsp3) is 0.458. The topological polar surface area (TPSA) is 171 Å². The maximum Gasteiger partial charge on any atom is 0.252 e. The van der Waals surface area contributed by atoms with Crippen molar-refractivity contribution in [3.63, 3.8) is 0 Å². The minimum absolute atomic E-state index is 0.0511. The molecule has 1 saturated carbocycles. The number of rotatable bonds is 6. The predicted octanol–water partition coefficient (Wildman–Crippen LogP) is 3.62. The number of nitrogens with one attached hydrogen (secondary N) is 2. The molecule has 2 aromatic rings. The Kier molecular flexibility index (Phi) is 9.68. The summed E-state index contributed by atoms with van der Waals surface area (Å²) in [4.78, 5) is 19.2. The number of carbonyl (C=O) groups excluding carboxylic acids is 1. The fourth-order valence-electron chi connectivity index (χ4n) is 10.9. The third kappa shape index (κ3) is 6.65. The number of benzene rings is 2. The van der Waals surface area contributed by atoms with Crippen LogP contribution in [-0.4, -0.2) is 63.4 Å². The van der Waals surface area contributed by atoms with Crippen molar-refractivity contribution in [3.05, 3.63) is 99.9 Å². The molecule has 0 amide bonds. The van der Waals surface area contributed by atoms with Gasteiger partial charge in [-0.1, -0.05) is 74.0 Å². The standard InChI is InChI=1S/C48H50N4O7/c1-26-4-8-31(40(56)18-26)41(57)20-29(53)7-5-27-19-43-42(21-39(27)55)58-17-16-48(14-2-3-15-48)36-12-13-38(54)32-10-11-33-44-28(22-51-46(33)49)6-9-30(45(32)44)34-23-50-37-25-52(24-35(34)37)47(36)59-43/h4,6,8-11,19,21,23-24,26,28,30-31,36,38,40-41,46-47,51,54-57H,2-3,5,7,14-15,18,20,22,25,49H2,1H3/p+1/t26-,28-,30+,31+,36+,38+,40-,41-,46+,47+/m0/s1. The highest BCUT2D eigenvalue weighted by atomic mass is 16.5. The summed E-state index contributed by atoms with van der Waals surface area (Å²) in [7, 11) is 0. The molecule has 1 spiro atoms. The molecule has 8 N–H and O–H groups in total. The molecule has 11 atom stereocenters. The lowest BCUT2D eigenvalue weighted by Gasteiger charge is -2.38. The largest absolute Gasteiger partial charge is 0.508 e. The van der Waals surface area contributed by atoms with E-state index in [9.17, 15) is 25.2 Å². The number of aliphatic imine (C=N–C) groups is 1. The number of quaternary nitrogens is 1. The molecule has 304 valence electrons. The third-order valence-corrected chi connectivity index (χ3v) is 14.0. The zero-order chi connectivity index (χ0) is 40.6. The Hall–Kier alpha value is -4.98. The normalized spacial score (nSPS) is 33.1. The Morgan fingerprint density at radius 1 is 1.08 bits per heavy atom. The van der Waals surface area contributed by atoms with Crippen molar-refractivity contribution in [2.45, 2.75) is 101 Å². The molecule has 1 unspecified atom stereocenters. The van der Waals surface area contributed by atoms with E-state index < -0.39 is 41.8 Å². The van der Waals surface area contributed by atoms with Crippen LogP contribution in [0.2, 0.25) is 0 Å². The maximum absolute atomic E-state index is 13.2. The zero-order valence-electron chi connectivity index (χ0n) is 33.2. The second-order valence-corrected chi connectivity index (χ2v) is 17.8. The Bertz CT molecular complexity index is 2390. The number of aliphatic hydroxyl groups excluding tert-OH is 3. The van der Waals surface area contributed by atoms with Crippen LogP contribution in [0.1, 0.15) is 104 Å². The summed E-state index contributed by atoms with van der Waals surface area (Å²) < 4.78 is 13.2. The highest BCUT2D eigenvalue weighted by molar-refractivity contribution is 6.08. The molecule has 5 aliphatic heterocycles. The molecule has 0 aromatic heterocycles. The molecule has 0 saturated heterocycles. The number of fused-ring (bicyclic) bond motifs is 6. The lowest BCUT2D eigenvalue weighted by molar-refractivity contribution is -0.888. The molecule has 11 heteroatoms. The van der Waals surface area contributed by atoms with Crippen molar-refractivity contribution in [1.82, 2.24) is 5.32 Å². The first kappa shape index (κ1) is 38.2. The van der Waals surface area contributed by atoms with Crippen molar-refractivity contribution in [3.8, 4) is 41.1 Å². The van der Waals surface area contributed by atoms with E-state index in [-0.39, 0.29) is 60.5 Å². The Labute approximate surface area is 344 Å². The SMILES string of the molecule is C[C@H]1C=C[C@@H]([C@@H](O)CC(=O)CCc2cc3c(cc2O)OC#CC2(CCCC2)[C@@H]2C#C[C@@H](O)c4ccc5c6c4[C@H](C=C[C@H]6CN[C@H]5N)C4=CN=C5C[NH+](C=C45)[C@@H]2O3)[C@@H](O)C1. The molecular weight excluding hydrogens is 745 g/mol. The van der Waals surface area contributed by atoms with Crippen molar-refractivity contribution in [1.29, 1.82) is 0 Å². The predicted molar refractivity (Wildman–Crippen MR) is 220 cm³/mol. The van der Waals surface area contributed by atoms with Crippen LogP contribution in [-0.2, 0) is 11.2 Å². The van der Waals surface area contributed by atoms with Gasteiger partial charge in [-0.05, 0) is 71.1 Å². The number of carbonyl (C=O) groups is 1.